The predicted octanol–water partition coefficient (Wildman–Crippen LogP) is 3.66. The first kappa shape index (κ1) is 13.4. The van der Waals surface area contributed by atoms with Crippen molar-refractivity contribution in [3.63, 3.8) is 0 Å². The molecular formula is C14H17BrO3. The first-order valence-electron chi connectivity index (χ1n) is 6.09. The molecule has 1 aromatic carbocycles. The number of carboxylic acid groups (broad SMARTS) is 1. The van der Waals surface area contributed by atoms with Crippen molar-refractivity contribution < 1.29 is 14.6 Å². The van der Waals surface area contributed by atoms with Gasteiger partial charge in [-0.3, -0.25) is 4.79 Å². The highest BCUT2D eigenvalue weighted by atomic mass is 79.9. The van der Waals surface area contributed by atoms with E-state index < -0.39 is 11.4 Å². The van der Waals surface area contributed by atoms with E-state index in [1.165, 1.54) is 0 Å². The second-order valence-electron chi connectivity index (χ2n) is 4.92. The fourth-order valence-corrected chi connectivity index (χ4v) is 3.61. The third-order valence-electron chi connectivity index (χ3n) is 3.77. The molecule has 0 heterocycles. The molecule has 18 heavy (non-hydrogen) atoms. The lowest BCUT2D eigenvalue weighted by Crippen LogP contribution is -2.33. The molecule has 0 aliphatic heterocycles. The number of carbonyl (C=O) groups is 1. The smallest absolute Gasteiger partial charge is 0.314 e. The second-order valence-corrected chi connectivity index (χ2v) is 5.78. The Morgan fingerprint density at radius 1 is 1.39 bits per heavy atom. The lowest BCUT2D eigenvalue weighted by atomic mass is 9.78. The minimum absolute atomic E-state index is 0.657. The summed E-state index contributed by atoms with van der Waals surface area (Å²) in [5.74, 6) is -0.0827. The zero-order chi connectivity index (χ0) is 13.3. The fourth-order valence-electron chi connectivity index (χ4n) is 2.87. The molecule has 0 radical (unpaired) electrons. The van der Waals surface area contributed by atoms with E-state index in [0.717, 1.165) is 28.4 Å². The van der Waals surface area contributed by atoms with Gasteiger partial charge in [-0.1, -0.05) is 18.9 Å². The zero-order valence-corrected chi connectivity index (χ0v) is 12.2. The molecule has 0 spiro atoms. The monoisotopic (exact) mass is 312 g/mol. The summed E-state index contributed by atoms with van der Waals surface area (Å²) in [7, 11) is 1.59. The van der Waals surface area contributed by atoms with Gasteiger partial charge in [-0.15, -0.1) is 0 Å². The number of carboxylic acids is 1. The standard InChI is InChI=1S/C14H17BrO3/c1-9-7-10(12(18-2)11(15)8-9)14(13(16)17)5-3-4-6-14/h7-8H,3-6H2,1-2H3,(H,16,17). The molecule has 1 saturated carbocycles. The number of aliphatic carboxylic acids is 1. The van der Waals surface area contributed by atoms with Gasteiger partial charge in [0.15, 0.2) is 0 Å². The van der Waals surface area contributed by atoms with Gasteiger partial charge in [-0.25, -0.2) is 0 Å². The summed E-state index contributed by atoms with van der Waals surface area (Å²) in [6, 6.07) is 3.90. The van der Waals surface area contributed by atoms with Crippen LogP contribution in [0.2, 0.25) is 0 Å². The van der Waals surface area contributed by atoms with Crippen LogP contribution in [0.3, 0.4) is 0 Å². The highest BCUT2D eigenvalue weighted by Crippen LogP contribution is 2.47. The maximum atomic E-state index is 11.7. The molecule has 1 aliphatic carbocycles. The van der Waals surface area contributed by atoms with Gasteiger partial charge in [-0.05, 0) is 47.3 Å². The molecule has 3 nitrogen and oxygen atoms in total. The van der Waals surface area contributed by atoms with E-state index in [0.29, 0.717) is 18.6 Å². The van der Waals surface area contributed by atoms with Crippen LogP contribution in [0.15, 0.2) is 16.6 Å². The van der Waals surface area contributed by atoms with Gasteiger partial charge in [0, 0.05) is 5.56 Å². The van der Waals surface area contributed by atoms with Crippen LogP contribution in [0, 0.1) is 6.92 Å². The van der Waals surface area contributed by atoms with Gasteiger partial charge >= 0.3 is 5.97 Å². The van der Waals surface area contributed by atoms with Gasteiger partial charge in [-0.2, -0.15) is 0 Å². The van der Waals surface area contributed by atoms with Crippen molar-refractivity contribution in [2.45, 2.75) is 38.0 Å². The van der Waals surface area contributed by atoms with Crippen LogP contribution in [0.25, 0.3) is 0 Å². The maximum Gasteiger partial charge on any atom is 0.314 e. The minimum atomic E-state index is -0.778. The Kier molecular flexibility index (Phi) is 3.66. The zero-order valence-electron chi connectivity index (χ0n) is 10.6. The topological polar surface area (TPSA) is 46.5 Å². The number of aryl methyl sites for hydroxylation is 1. The number of rotatable bonds is 3. The third kappa shape index (κ3) is 2.03. The van der Waals surface area contributed by atoms with Crippen molar-refractivity contribution in [1.29, 1.82) is 0 Å². The lowest BCUT2D eigenvalue weighted by molar-refractivity contribution is -0.143. The number of hydrogen-bond acceptors (Lipinski definition) is 2. The second kappa shape index (κ2) is 4.92. The lowest BCUT2D eigenvalue weighted by Gasteiger charge is -2.27. The van der Waals surface area contributed by atoms with Crippen molar-refractivity contribution in [1.82, 2.24) is 0 Å². The van der Waals surface area contributed by atoms with Crippen molar-refractivity contribution in [2.75, 3.05) is 7.11 Å². The molecule has 0 atom stereocenters. The summed E-state index contributed by atoms with van der Waals surface area (Å²) in [5.41, 5.74) is 1.08. The summed E-state index contributed by atoms with van der Waals surface area (Å²) in [5, 5.41) is 9.65. The number of methoxy groups -OCH3 is 1. The SMILES string of the molecule is COc1c(Br)cc(C)cc1C1(C(=O)O)CCCC1. The summed E-state index contributed by atoms with van der Waals surface area (Å²) in [6.45, 7) is 1.97. The molecule has 1 N–H and O–H groups in total. The van der Waals surface area contributed by atoms with E-state index in [-0.39, 0.29) is 0 Å². The molecule has 0 bridgehead atoms. The van der Waals surface area contributed by atoms with Gasteiger partial charge in [0.1, 0.15) is 5.75 Å². The predicted molar refractivity (Wildman–Crippen MR) is 73.2 cm³/mol. The molecule has 0 aromatic heterocycles. The molecule has 98 valence electrons. The van der Waals surface area contributed by atoms with Gasteiger partial charge in [0.25, 0.3) is 0 Å². The summed E-state index contributed by atoms with van der Waals surface area (Å²) >= 11 is 3.46. The van der Waals surface area contributed by atoms with Gasteiger partial charge < -0.3 is 9.84 Å². The highest BCUT2D eigenvalue weighted by molar-refractivity contribution is 9.10. The summed E-state index contributed by atoms with van der Waals surface area (Å²) < 4.78 is 6.23. The summed E-state index contributed by atoms with van der Waals surface area (Å²) in [6.07, 6.45) is 3.30. The molecule has 1 fully saturated rings. The van der Waals surface area contributed by atoms with Crippen LogP contribution in [0.1, 0.15) is 36.8 Å². The Morgan fingerprint density at radius 3 is 2.50 bits per heavy atom. The van der Waals surface area contributed by atoms with Gasteiger partial charge in [0.2, 0.25) is 0 Å². The van der Waals surface area contributed by atoms with Gasteiger partial charge in [0.05, 0.1) is 17.0 Å². The number of halogens is 1. The van der Waals surface area contributed by atoms with E-state index >= 15 is 0 Å². The Balaban J connectivity index is 2.64. The van der Waals surface area contributed by atoms with E-state index in [2.05, 4.69) is 15.9 Å². The molecular weight excluding hydrogens is 296 g/mol. The van der Waals surface area contributed by atoms with Crippen molar-refractivity contribution in [3.05, 3.63) is 27.7 Å². The largest absolute Gasteiger partial charge is 0.495 e. The normalized spacial score (nSPS) is 17.7. The van der Waals surface area contributed by atoms with Crippen LogP contribution in [-0.2, 0) is 10.2 Å². The Labute approximate surface area is 115 Å². The first-order valence-corrected chi connectivity index (χ1v) is 6.88. The van der Waals surface area contributed by atoms with Crippen LogP contribution < -0.4 is 4.74 Å². The number of ether oxygens (including phenoxy) is 1. The average Bonchev–Trinajstić information content (AvgIpc) is 2.78. The van der Waals surface area contributed by atoms with Crippen molar-refractivity contribution >= 4 is 21.9 Å². The van der Waals surface area contributed by atoms with Crippen LogP contribution >= 0.6 is 15.9 Å². The Morgan fingerprint density at radius 2 is 2.00 bits per heavy atom. The maximum absolute atomic E-state index is 11.7. The van der Waals surface area contributed by atoms with E-state index in [1.54, 1.807) is 7.11 Å². The van der Waals surface area contributed by atoms with Crippen LogP contribution in [0.5, 0.6) is 5.75 Å². The summed E-state index contributed by atoms with van der Waals surface area (Å²) in [4.78, 5) is 11.7. The first-order chi connectivity index (χ1) is 8.51. The Bertz CT molecular complexity index is 476. The molecule has 0 saturated heterocycles. The van der Waals surface area contributed by atoms with Crippen LogP contribution in [0.4, 0.5) is 0 Å². The third-order valence-corrected chi connectivity index (χ3v) is 4.36. The van der Waals surface area contributed by atoms with E-state index in [4.69, 9.17) is 4.74 Å². The molecule has 1 aromatic rings. The molecule has 2 rings (SSSR count). The molecule has 1 aliphatic rings. The molecule has 0 unspecified atom stereocenters. The highest BCUT2D eigenvalue weighted by Gasteiger charge is 2.45. The van der Waals surface area contributed by atoms with Crippen LogP contribution in [-0.4, -0.2) is 18.2 Å². The quantitative estimate of drug-likeness (QED) is 0.926. The molecule has 4 heteroatoms. The average molecular weight is 313 g/mol. The number of benzene rings is 1. The van der Waals surface area contributed by atoms with Crippen molar-refractivity contribution in [3.8, 4) is 5.75 Å². The van der Waals surface area contributed by atoms with Crippen molar-refractivity contribution in [2.24, 2.45) is 0 Å². The minimum Gasteiger partial charge on any atom is -0.495 e. The molecule has 0 amide bonds. The Hall–Kier alpha value is -1.03. The number of hydrogen-bond donors (Lipinski definition) is 1. The fraction of sp³-hybridized carbons (Fsp3) is 0.500. The van der Waals surface area contributed by atoms with E-state index in [9.17, 15) is 9.90 Å². The van der Waals surface area contributed by atoms with E-state index in [1.807, 2.05) is 19.1 Å².